The van der Waals surface area contributed by atoms with Gasteiger partial charge in [0.1, 0.15) is 22.3 Å². The molecular formula is C17H19F2N3OS. The molecule has 0 radical (unpaired) electrons. The minimum absolute atomic E-state index is 0.0307. The van der Waals surface area contributed by atoms with Crippen LogP contribution in [0.3, 0.4) is 0 Å². The first kappa shape index (κ1) is 17.0. The lowest BCUT2D eigenvalue weighted by atomic mass is 10.1. The first-order valence-corrected chi connectivity index (χ1v) is 8.86. The first-order chi connectivity index (χ1) is 11.6. The van der Waals surface area contributed by atoms with Crippen molar-refractivity contribution in [3.63, 3.8) is 0 Å². The molecule has 0 bridgehead atoms. The summed E-state index contributed by atoms with van der Waals surface area (Å²) in [4.78, 5) is 18.7. The SMILES string of the molecule is NCc1nc(C(=O)N(Cc2cc(F)ccc2F)C2CCCC2)cs1. The number of amides is 1. The van der Waals surface area contributed by atoms with Gasteiger partial charge in [0.2, 0.25) is 0 Å². The van der Waals surface area contributed by atoms with Crippen molar-refractivity contribution in [2.45, 2.75) is 44.8 Å². The summed E-state index contributed by atoms with van der Waals surface area (Å²) in [5, 5.41) is 2.36. The Hall–Kier alpha value is -1.86. The molecule has 1 aromatic heterocycles. The molecule has 0 atom stereocenters. The Morgan fingerprint density at radius 3 is 2.75 bits per heavy atom. The second-order valence-electron chi connectivity index (χ2n) is 5.94. The van der Waals surface area contributed by atoms with E-state index in [0.717, 1.165) is 43.9 Å². The van der Waals surface area contributed by atoms with Gasteiger partial charge in [-0.05, 0) is 31.0 Å². The number of nitrogens with zero attached hydrogens (tertiary/aromatic N) is 2. The number of carbonyl (C=O) groups excluding carboxylic acids is 1. The fourth-order valence-corrected chi connectivity index (χ4v) is 3.73. The van der Waals surface area contributed by atoms with E-state index < -0.39 is 11.6 Å². The third-order valence-corrected chi connectivity index (χ3v) is 5.19. The van der Waals surface area contributed by atoms with Gasteiger partial charge in [-0.2, -0.15) is 0 Å². The van der Waals surface area contributed by atoms with E-state index in [1.807, 2.05) is 0 Å². The number of carbonyl (C=O) groups is 1. The van der Waals surface area contributed by atoms with Gasteiger partial charge in [-0.3, -0.25) is 4.79 Å². The van der Waals surface area contributed by atoms with Crippen molar-refractivity contribution in [3.05, 3.63) is 51.5 Å². The van der Waals surface area contributed by atoms with Crippen molar-refractivity contribution in [2.24, 2.45) is 5.73 Å². The molecule has 0 aliphatic heterocycles. The molecule has 24 heavy (non-hydrogen) atoms. The molecule has 1 saturated carbocycles. The zero-order chi connectivity index (χ0) is 17.1. The number of hydrogen-bond acceptors (Lipinski definition) is 4. The third-order valence-electron chi connectivity index (χ3n) is 4.32. The molecule has 1 aliphatic carbocycles. The Morgan fingerprint density at radius 1 is 1.33 bits per heavy atom. The Labute approximate surface area is 143 Å². The molecule has 2 N–H and O–H groups in total. The van der Waals surface area contributed by atoms with Crippen LogP contribution in [0.5, 0.6) is 0 Å². The lowest BCUT2D eigenvalue weighted by Crippen LogP contribution is -2.38. The van der Waals surface area contributed by atoms with E-state index in [1.54, 1.807) is 10.3 Å². The van der Waals surface area contributed by atoms with Gasteiger partial charge in [-0.15, -0.1) is 11.3 Å². The second kappa shape index (κ2) is 7.36. The highest BCUT2D eigenvalue weighted by atomic mass is 32.1. The van der Waals surface area contributed by atoms with Crippen molar-refractivity contribution in [2.75, 3.05) is 0 Å². The summed E-state index contributed by atoms with van der Waals surface area (Å²) in [5.41, 5.74) is 6.06. The minimum atomic E-state index is -0.510. The summed E-state index contributed by atoms with van der Waals surface area (Å²) >= 11 is 1.33. The third kappa shape index (κ3) is 3.62. The highest BCUT2D eigenvalue weighted by molar-refractivity contribution is 7.09. The van der Waals surface area contributed by atoms with E-state index in [4.69, 9.17) is 5.73 Å². The Bertz CT molecular complexity index is 728. The quantitative estimate of drug-likeness (QED) is 0.897. The maximum Gasteiger partial charge on any atom is 0.273 e. The maximum atomic E-state index is 14.0. The molecule has 0 saturated heterocycles. The Balaban J connectivity index is 1.88. The number of hydrogen-bond donors (Lipinski definition) is 1. The van der Waals surface area contributed by atoms with Crippen LogP contribution in [-0.2, 0) is 13.1 Å². The summed E-state index contributed by atoms with van der Waals surface area (Å²) in [6.45, 7) is 0.322. The molecule has 128 valence electrons. The molecule has 1 aromatic carbocycles. The molecule has 0 spiro atoms. The molecule has 1 heterocycles. The van der Waals surface area contributed by atoms with Crippen LogP contribution in [0.25, 0.3) is 0 Å². The molecule has 1 amide bonds. The number of rotatable bonds is 5. The van der Waals surface area contributed by atoms with Gasteiger partial charge in [-0.1, -0.05) is 12.8 Å². The van der Waals surface area contributed by atoms with Gasteiger partial charge in [0.25, 0.3) is 5.91 Å². The van der Waals surface area contributed by atoms with E-state index in [-0.39, 0.29) is 30.6 Å². The molecule has 0 unspecified atom stereocenters. The fraction of sp³-hybridized carbons (Fsp3) is 0.412. The van der Waals surface area contributed by atoms with Gasteiger partial charge in [0.05, 0.1) is 0 Å². The molecule has 2 aromatic rings. The minimum Gasteiger partial charge on any atom is -0.330 e. The predicted molar refractivity (Wildman–Crippen MR) is 88.5 cm³/mol. The van der Waals surface area contributed by atoms with Gasteiger partial charge < -0.3 is 10.6 Å². The van der Waals surface area contributed by atoms with Gasteiger partial charge in [0.15, 0.2) is 0 Å². The van der Waals surface area contributed by atoms with Gasteiger partial charge >= 0.3 is 0 Å². The number of benzene rings is 1. The number of thiazole rings is 1. The van der Waals surface area contributed by atoms with E-state index in [9.17, 15) is 13.6 Å². The maximum absolute atomic E-state index is 14.0. The zero-order valence-electron chi connectivity index (χ0n) is 13.2. The molecule has 7 heteroatoms. The van der Waals surface area contributed by atoms with Crippen LogP contribution in [0.2, 0.25) is 0 Å². The molecule has 3 rings (SSSR count). The second-order valence-corrected chi connectivity index (χ2v) is 6.88. The Morgan fingerprint density at radius 2 is 2.08 bits per heavy atom. The normalized spacial score (nSPS) is 15.0. The smallest absolute Gasteiger partial charge is 0.273 e. The van der Waals surface area contributed by atoms with Crippen molar-refractivity contribution < 1.29 is 13.6 Å². The predicted octanol–water partition coefficient (Wildman–Crippen LogP) is 3.47. The van der Waals surface area contributed by atoms with Crippen LogP contribution in [0.4, 0.5) is 8.78 Å². The van der Waals surface area contributed by atoms with Crippen molar-refractivity contribution in [3.8, 4) is 0 Å². The monoisotopic (exact) mass is 351 g/mol. The molecule has 1 fully saturated rings. The number of nitrogens with two attached hydrogens (primary N) is 1. The Kier molecular flexibility index (Phi) is 5.20. The van der Waals surface area contributed by atoms with Gasteiger partial charge in [0, 0.05) is 30.1 Å². The van der Waals surface area contributed by atoms with Crippen molar-refractivity contribution in [1.82, 2.24) is 9.88 Å². The summed E-state index contributed by atoms with van der Waals surface area (Å²) in [7, 11) is 0. The van der Waals surface area contributed by atoms with Crippen molar-refractivity contribution in [1.29, 1.82) is 0 Å². The standard InChI is InChI=1S/C17H19F2N3OS/c18-12-5-6-14(19)11(7-12)9-22(13-3-1-2-4-13)17(23)15-10-24-16(8-20)21-15/h5-7,10,13H,1-4,8-9,20H2. The van der Waals surface area contributed by atoms with Crippen LogP contribution in [0, 0.1) is 11.6 Å². The van der Waals surface area contributed by atoms with Crippen LogP contribution < -0.4 is 5.73 Å². The molecule has 4 nitrogen and oxygen atoms in total. The number of halogens is 2. The largest absolute Gasteiger partial charge is 0.330 e. The van der Waals surface area contributed by atoms with Crippen LogP contribution in [-0.4, -0.2) is 21.8 Å². The van der Waals surface area contributed by atoms with Crippen molar-refractivity contribution >= 4 is 17.2 Å². The van der Waals surface area contributed by atoms with E-state index in [0.29, 0.717) is 10.7 Å². The summed E-state index contributed by atoms with van der Waals surface area (Å²) in [6.07, 6.45) is 3.81. The number of aromatic nitrogens is 1. The topological polar surface area (TPSA) is 59.2 Å². The summed E-state index contributed by atoms with van der Waals surface area (Å²) in [6, 6.07) is 3.35. The van der Waals surface area contributed by atoms with E-state index in [2.05, 4.69) is 4.98 Å². The molecule has 1 aliphatic rings. The first-order valence-electron chi connectivity index (χ1n) is 7.98. The molecular weight excluding hydrogens is 332 g/mol. The van der Waals surface area contributed by atoms with E-state index >= 15 is 0 Å². The average Bonchev–Trinajstić information content (AvgIpc) is 3.26. The van der Waals surface area contributed by atoms with Crippen LogP contribution in [0.15, 0.2) is 23.6 Å². The average molecular weight is 351 g/mol. The lowest BCUT2D eigenvalue weighted by Gasteiger charge is -2.28. The van der Waals surface area contributed by atoms with Gasteiger partial charge in [-0.25, -0.2) is 13.8 Å². The summed E-state index contributed by atoms with van der Waals surface area (Å²) < 4.78 is 27.5. The van der Waals surface area contributed by atoms with Crippen LogP contribution >= 0.6 is 11.3 Å². The summed E-state index contributed by atoms with van der Waals surface area (Å²) in [5.74, 6) is -1.26. The lowest BCUT2D eigenvalue weighted by molar-refractivity contribution is 0.0656. The zero-order valence-corrected chi connectivity index (χ0v) is 14.0. The van der Waals surface area contributed by atoms with E-state index in [1.165, 1.54) is 11.3 Å². The van der Waals surface area contributed by atoms with Crippen LogP contribution in [0.1, 0.15) is 46.7 Å². The highest BCUT2D eigenvalue weighted by Crippen LogP contribution is 2.27. The fourth-order valence-electron chi connectivity index (χ4n) is 3.08. The highest BCUT2D eigenvalue weighted by Gasteiger charge is 2.29.